The fourth-order valence-corrected chi connectivity index (χ4v) is 9.07. The van der Waals surface area contributed by atoms with Gasteiger partial charge < -0.3 is 18.8 Å². The van der Waals surface area contributed by atoms with Gasteiger partial charge in [-0.25, -0.2) is 14.8 Å². The minimum absolute atomic E-state index is 0.0458. The maximum atomic E-state index is 14.7. The molecule has 274 valence electrons. The van der Waals surface area contributed by atoms with Crippen molar-refractivity contribution in [3.63, 3.8) is 0 Å². The highest BCUT2D eigenvalue weighted by Gasteiger charge is 2.51. The molecule has 1 aromatic carbocycles. The van der Waals surface area contributed by atoms with Crippen molar-refractivity contribution in [3.8, 4) is 17.0 Å². The fraction of sp³-hybridized carbons (Fsp3) is 0.619. The quantitative estimate of drug-likeness (QED) is 0.220. The van der Waals surface area contributed by atoms with E-state index in [9.17, 15) is 9.59 Å². The lowest BCUT2D eigenvalue weighted by Gasteiger charge is -2.55. The first-order valence-corrected chi connectivity index (χ1v) is 19.3. The van der Waals surface area contributed by atoms with E-state index in [0.29, 0.717) is 49.9 Å². The molecule has 2 amide bonds. The van der Waals surface area contributed by atoms with Crippen LogP contribution in [0.3, 0.4) is 0 Å². The molecular weight excluding hydrogens is 640 g/mol. The van der Waals surface area contributed by atoms with Crippen LogP contribution in [0.5, 0.6) is 5.75 Å². The van der Waals surface area contributed by atoms with E-state index in [1.54, 1.807) is 19.6 Å². The van der Waals surface area contributed by atoms with Gasteiger partial charge in [0.25, 0.3) is 0 Å². The van der Waals surface area contributed by atoms with E-state index in [1.165, 1.54) is 11.1 Å². The normalized spacial score (nSPS) is 26.4. The number of fused-ring (bicyclic) bond motifs is 3. The first-order chi connectivity index (χ1) is 24.4. The molecule has 3 aromatic rings. The number of benzene rings is 1. The molecule has 4 saturated carbocycles. The summed E-state index contributed by atoms with van der Waals surface area (Å²) in [5, 5.41) is 0. The predicted octanol–water partition coefficient (Wildman–Crippen LogP) is 9.01. The molecule has 0 spiro atoms. The summed E-state index contributed by atoms with van der Waals surface area (Å²) in [6.07, 6.45) is 13.7. The number of carbonyl (C=O) groups excluding carboxylic acids is 2. The number of pyridine rings is 1. The van der Waals surface area contributed by atoms with Crippen LogP contribution in [0.25, 0.3) is 11.3 Å². The number of ether oxygens (including phenoxy) is 2. The summed E-state index contributed by atoms with van der Waals surface area (Å²) in [7, 11) is 1.73. The first kappa shape index (κ1) is 35.5. The van der Waals surface area contributed by atoms with Crippen molar-refractivity contribution < 1.29 is 23.5 Å². The highest BCUT2D eigenvalue weighted by Crippen LogP contribution is 2.58. The smallest absolute Gasteiger partial charge is 0.410 e. The minimum Gasteiger partial charge on any atom is -0.496 e. The highest BCUT2D eigenvalue weighted by molar-refractivity contribution is 5.95. The SMILES string of the molecule is CCC1CN(C(=O)OC2CCC(C(=O)N(CC34CCC(c5ccc(OC)c(C)c5)(CC3)CC4)c3cc(-c4coc(C(C)(C)C)n4)ccn3)CC2)C1. The molecule has 4 aliphatic carbocycles. The highest BCUT2D eigenvalue weighted by atomic mass is 16.6. The molecule has 8 rings (SSSR count). The Kier molecular flexibility index (Phi) is 9.70. The van der Waals surface area contributed by atoms with Gasteiger partial charge in [0.1, 0.15) is 29.6 Å². The summed E-state index contributed by atoms with van der Waals surface area (Å²) in [6, 6.07) is 10.7. The van der Waals surface area contributed by atoms with Crippen molar-refractivity contribution in [2.24, 2.45) is 17.3 Å². The lowest BCUT2D eigenvalue weighted by Crippen LogP contribution is -2.52. The molecule has 0 atom stereocenters. The summed E-state index contributed by atoms with van der Waals surface area (Å²) in [4.78, 5) is 40.9. The van der Waals surface area contributed by atoms with Crippen LogP contribution in [0.1, 0.15) is 115 Å². The van der Waals surface area contributed by atoms with E-state index in [-0.39, 0.29) is 40.3 Å². The van der Waals surface area contributed by atoms with Gasteiger partial charge in [0.2, 0.25) is 5.91 Å². The average molecular weight is 697 g/mol. The van der Waals surface area contributed by atoms with Crippen LogP contribution in [-0.4, -0.2) is 59.7 Å². The third kappa shape index (κ3) is 7.14. The van der Waals surface area contributed by atoms with Crippen LogP contribution < -0.4 is 9.64 Å². The largest absolute Gasteiger partial charge is 0.496 e. The van der Waals surface area contributed by atoms with Crippen LogP contribution in [-0.2, 0) is 20.4 Å². The molecule has 2 bridgehead atoms. The molecular formula is C42H56N4O5. The van der Waals surface area contributed by atoms with Crippen molar-refractivity contribution in [2.45, 2.75) is 122 Å². The van der Waals surface area contributed by atoms with Crippen LogP contribution in [0.15, 0.2) is 47.2 Å². The molecule has 0 N–H and O–H groups in total. The van der Waals surface area contributed by atoms with E-state index >= 15 is 0 Å². The summed E-state index contributed by atoms with van der Waals surface area (Å²) < 4.78 is 17.3. The Hall–Kier alpha value is -3.88. The molecule has 5 fully saturated rings. The Balaban J connectivity index is 1.09. The standard InChI is InChI=1S/C42H56N4O5/c1-7-29-24-45(25-29)39(48)51-33-11-8-30(9-12-33)37(47)46(36-23-31(14-21-43-36)34-26-50-38(44-34)40(3,4)5)27-41-15-18-42(19-16-41,20-17-41)32-10-13-35(49-6)28(2)22-32/h10,13-14,21-23,26,29-30,33H,7-9,11-12,15-20,24-25,27H2,1-6H3. The van der Waals surface area contributed by atoms with E-state index in [4.69, 9.17) is 23.9 Å². The van der Waals surface area contributed by atoms with Gasteiger partial charge in [-0.1, -0.05) is 39.8 Å². The Labute approximate surface area is 303 Å². The summed E-state index contributed by atoms with van der Waals surface area (Å²) in [5.41, 5.74) is 4.28. The van der Waals surface area contributed by atoms with Crippen molar-refractivity contribution >= 4 is 17.8 Å². The predicted molar refractivity (Wildman–Crippen MR) is 198 cm³/mol. The molecule has 3 heterocycles. The first-order valence-electron chi connectivity index (χ1n) is 19.3. The number of nitrogens with zero attached hydrogens (tertiary/aromatic N) is 4. The molecule has 0 radical (unpaired) electrons. The second-order valence-electron chi connectivity index (χ2n) is 17.1. The van der Waals surface area contributed by atoms with Crippen molar-refractivity contribution in [3.05, 3.63) is 59.8 Å². The summed E-state index contributed by atoms with van der Waals surface area (Å²) in [6.45, 7) is 12.8. The number of carbonyl (C=O) groups is 2. The Morgan fingerprint density at radius 2 is 1.71 bits per heavy atom. The second kappa shape index (κ2) is 13.9. The summed E-state index contributed by atoms with van der Waals surface area (Å²) in [5.74, 6) is 2.88. The van der Waals surface area contributed by atoms with Crippen molar-refractivity contribution in [1.82, 2.24) is 14.9 Å². The molecule has 51 heavy (non-hydrogen) atoms. The number of aryl methyl sites for hydroxylation is 1. The number of hydrogen-bond donors (Lipinski definition) is 0. The van der Waals surface area contributed by atoms with Gasteiger partial charge in [-0.2, -0.15) is 0 Å². The number of anilines is 1. The second-order valence-corrected chi connectivity index (χ2v) is 17.1. The van der Waals surface area contributed by atoms with Gasteiger partial charge in [-0.05, 0) is 124 Å². The summed E-state index contributed by atoms with van der Waals surface area (Å²) >= 11 is 0. The van der Waals surface area contributed by atoms with E-state index < -0.39 is 0 Å². The number of likely N-dealkylation sites (tertiary alicyclic amines) is 1. The number of oxazole rings is 1. The lowest BCUT2D eigenvalue weighted by atomic mass is 9.51. The van der Waals surface area contributed by atoms with Gasteiger partial charge in [0, 0.05) is 42.7 Å². The van der Waals surface area contributed by atoms with E-state index in [1.807, 2.05) is 21.9 Å². The zero-order chi connectivity index (χ0) is 36.0. The Morgan fingerprint density at radius 1 is 1.00 bits per heavy atom. The van der Waals surface area contributed by atoms with E-state index in [0.717, 1.165) is 75.0 Å². The maximum Gasteiger partial charge on any atom is 0.410 e. The molecule has 5 aliphatic rings. The molecule has 9 nitrogen and oxygen atoms in total. The monoisotopic (exact) mass is 696 g/mol. The third-order valence-electron chi connectivity index (χ3n) is 12.7. The van der Waals surface area contributed by atoms with Gasteiger partial charge in [-0.3, -0.25) is 9.69 Å². The number of methoxy groups -OCH3 is 1. The van der Waals surface area contributed by atoms with Gasteiger partial charge in [0.15, 0.2) is 5.89 Å². The van der Waals surface area contributed by atoms with E-state index in [2.05, 4.69) is 52.8 Å². The number of amides is 2. The number of rotatable bonds is 9. The zero-order valence-corrected chi connectivity index (χ0v) is 31.5. The molecule has 1 saturated heterocycles. The number of aromatic nitrogens is 2. The van der Waals surface area contributed by atoms with Gasteiger partial charge in [-0.15, -0.1) is 0 Å². The van der Waals surface area contributed by atoms with Crippen molar-refractivity contribution in [2.75, 3.05) is 31.6 Å². The topological polar surface area (TPSA) is 98.0 Å². The molecule has 0 unspecified atom stereocenters. The Morgan fingerprint density at radius 3 is 2.31 bits per heavy atom. The number of hydrogen-bond acceptors (Lipinski definition) is 7. The molecule has 9 heteroatoms. The zero-order valence-electron chi connectivity index (χ0n) is 31.5. The minimum atomic E-state index is -0.211. The molecule has 1 aliphatic heterocycles. The maximum absolute atomic E-state index is 14.7. The van der Waals surface area contributed by atoms with Crippen LogP contribution in [0, 0.1) is 24.2 Å². The molecule has 2 aromatic heterocycles. The van der Waals surface area contributed by atoms with Gasteiger partial charge in [0.05, 0.1) is 7.11 Å². The third-order valence-corrected chi connectivity index (χ3v) is 12.7. The lowest BCUT2D eigenvalue weighted by molar-refractivity contribution is -0.124. The van der Waals surface area contributed by atoms with Crippen LogP contribution in [0.2, 0.25) is 0 Å². The van der Waals surface area contributed by atoms with Crippen LogP contribution in [0.4, 0.5) is 10.6 Å². The van der Waals surface area contributed by atoms with Crippen LogP contribution >= 0.6 is 0 Å². The van der Waals surface area contributed by atoms with Crippen molar-refractivity contribution in [1.29, 1.82) is 0 Å². The van der Waals surface area contributed by atoms with Gasteiger partial charge >= 0.3 is 6.09 Å². The average Bonchev–Trinajstić information content (AvgIpc) is 3.63. The fourth-order valence-electron chi connectivity index (χ4n) is 9.07. The Bertz CT molecular complexity index is 1700.